The summed E-state index contributed by atoms with van der Waals surface area (Å²) in [6.07, 6.45) is 3.42. The number of nitrogens with zero attached hydrogens (tertiary/aromatic N) is 3. The Kier molecular flexibility index (Phi) is 8.94. The number of aromatic nitrogens is 2. The molecule has 0 saturated carbocycles. The molecule has 0 radical (unpaired) electrons. The summed E-state index contributed by atoms with van der Waals surface area (Å²) in [5, 5.41) is 16.9. The number of nitrogens with two attached hydrogens (primary N) is 1. The fourth-order valence-electron chi connectivity index (χ4n) is 3.32. The van der Waals surface area contributed by atoms with E-state index in [0.717, 1.165) is 0 Å². The molecule has 0 spiro atoms. The van der Waals surface area contributed by atoms with Crippen LogP contribution < -0.4 is 11.1 Å². The van der Waals surface area contributed by atoms with E-state index in [-0.39, 0.29) is 42.5 Å². The van der Waals surface area contributed by atoms with Gasteiger partial charge in [0.25, 0.3) is 5.91 Å². The van der Waals surface area contributed by atoms with E-state index >= 15 is 0 Å². The maximum Gasteiger partial charge on any atom is 0.269 e. The van der Waals surface area contributed by atoms with E-state index in [2.05, 4.69) is 10.4 Å². The molecule has 2 rings (SSSR count). The molecule has 34 heavy (non-hydrogen) atoms. The summed E-state index contributed by atoms with van der Waals surface area (Å²) in [5.74, 6) is -2.43. The molecule has 0 bridgehead atoms. The lowest BCUT2D eigenvalue weighted by atomic mass is 10.1. The van der Waals surface area contributed by atoms with Crippen molar-refractivity contribution in [3.8, 4) is 0 Å². The van der Waals surface area contributed by atoms with E-state index in [0.29, 0.717) is 11.3 Å². The number of nitrogens with one attached hydrogen (secondary N) is 1. The summed E-state index contributed by atoms with van der Waals surface area (Å²) in [6, 6.07) is 4.45. The van der Waals surface area contributed by atoms with Crippen molar-refractivity contribution in [3.05, 3.63) is 57.6 Å². The minimum atomic E-state index is -1.29. The SMILES string of the molecule is C/C=C\c1c(C)c(C(N)=O)nn1CC(=O)N(CC(=O)NCc1cccc(Cl)c1F)CC(C)(C)O. The van der Waals surface area contributed by atoms with Crippen LogP contribution in [0.3, 0.4) is 0 Å². The predicted octanol–water partition coefficient (Wildman–Crippen LogP) is 2.03. The molecule has 0 fully saturated rings. The number of primary amides is 1. The standard InChI is InChI=1S/C23H29ClFN5O4/c1-5-7-17-14(2)21(22(26)33)28-30(17)12-19(32)29(13-23(3,4)34)11-18(31)27-10-15-8-6-9-16(24)20(15)25/h5-9,34H,10-13H2,1-4H3,(H2,26,33)(H,27,31)/b7-5-. The van der Waals surface area contributed by atoms with Crippen LogP contribution in [0.2, 0.25) is 5.02 Å². The average molecular weight is 494 g/mol. The van der Waals surface area contributed by atoms with Gasteiger partial charge in [-0.25, -0.2) is 4.39 Å². The molecule has 3 amide bonds. The minimum absolute atomic E-state index is 0.0382. The molecular weight excluding hydrogens is 465 g/mol. The lowest BCUT2D eigenvalue weighted by Gasteiger charge is -2.29. The Hall–Kier alpha value is -3.24. The molecule has 0 aliphatic rings. The van der Waals surface area contributed by atoms with E-state index < -0.39 is 29.1 Å². The number of aliphatic hydroxyl groups is 1. The van der Waals surface area contributed by atoms with Crippen molar-refractivity contribution in [3.63, 3.8) is 0 Å². The van der Waals surface area contributed by atoms with Gasteiger partial charge in [-0.1, -0.05) is 29.8 Å². The first-order chi connectivity index (χ1) is 15.8. The normalized spacial score (nSPS) is 11.6. The van der Waals surface area contributed by atoms with Gasteiger partial charge in [0, 0.05) is 24.2 Å². The Morgan fingerprint density at radius 2 is 2.03 bits per heavy atom. The van der Waals surface area contributed by atoms with E-state index in [1.54, 1.807) is 32.1 Å². The van der Waals surface area contributed by atoms with Crippen LogP contribution in [0.15, 0.2) is 24.3 Å². The monoisotopic (exact) mass is 493 g/mol. The number of rotatable bonds is 10. The smallest absolute Gasteiger partial charge is 0.269 e. The molecule has 184 valence electrons. The lowest BCUT2D eigenvalue weighted by molar-refractivity contribution is -0.139. The molecule has 0 unspecified atom stereocenters. The van der Waals surface area contributed by atoms with Crippen molar-refractivity contribution >= 4 is 35.4 Å². The molecule has 0 aliphatic carbocycles. The van der Waals surface area contributed by atoms with Crippen LogP contribution >= 0.6 is 11.6 Å². The zero-order chi connectivity index (χ0) is 25.6. The zero-order valence-electron chi connectivity index (χ0n) is 19.6. The first-order valence-electron chi connectivity index (χ1n) is 10.5. The number of benzene rings is 1. The largest absolute Gasteiger partial charge is 0.389 e. The average Bonchev–Trinajstić information content (AvgIpc) is 3.03. The molecule has 9 nitrogen and oxygen atoms in total. The Labute approximate surface area is 202 Å². The van der Waals surface area contributed by atoms with Gasteiger partial charge in [0.1, 0.15) is 12.4 Å². The third kappa shape index (κ3) is 7.13. The van der Waals surface area contributed by atoms with E-state index in [1.165, 1.54) is 35.6 Å². The molecule has 1 heterocycles. The molecule has 1 aromatic heterocycles. The summed E-state index contributed by atoms with van der Waals surface area (Å²) in [6.45, 7) is 5.50. The number of hydrogen-bond donors (Lipinski definition) is 3. The minimum Gasteiger partial charge on any atom is -0.389 e. The number of carbonyl (C=O) groups excluding carboxylic acids is 3. The summed E-state index contributed by atoms with van der Waals surface area (Å²) < 4.78 is 15.4. The molecule has 0 saturated heterocycles. The van der Waals surface area contributed by atoms with Gasteiger partial charge in [-0.3, -0.25) is 19.1 Å². The maximum absolute atomic E-state index is 14.1. The number of carbonyl (C=O) groups is 3. The number of halogens is 2. The number of hydrogen-bond acceptors (Lipinski definition) is 5. The Morgan fingerprint density at radius 3 is 2.62 bits per heavy atom. The summed E-state index contributed by atoms with van der Waals surface area (Å²) >= 11 is 5.76. The van der Waals surface area contributed by atoms with Crippen molar-refractivity contribution in [2.75, 3.05) is 13.1 Å². The number of amides is 3. The quantitative estimate of drug-likeness (QED) is 0.466. The third-order valence-corrected chi connectivity index (χ3v) is 5.15. The Morgan fingerprint density at radius 1 is 1.35 bits per heavy atom. The molecule has 0 atom stereocenters. The van der Waals surface area contributed by atoms with Gasteiger partial charge in [-0.2, -0.15) is 5.10 Å². The lowest BCUT2D eigenvalue weighted by Crippen LogP contribution is -2.48. The predicted molar refractivity (Wildman–Crippen MR) is 126 cm³/mol. The van der Waals surface area contributed by atoms with Crippen molar-refractivity contribution in [1.29, 1.82) is 0 Å². The van der Waals surface area contributed by atoms with Crippen LogP contribution in [0.4, 0.5) is 4.39 Å². The van der Waals surface area contributed by atoms with Gasteiger partial charge in [-0.15, -0.1) is 0 Å². The van der Waals surface area contributed by atoms with Crippen molar-refractivity contribution in [2.24, 2.45) is 5.73 Å². The van der Waals surface area contributed by atoms with Gasteiger partial charge >= 0.3 is 0 Å². The highest BCUT2D eigenvalue weighted by Crippen LogP contribution is 2.18. The van der Waals surface area contributed by atoms with Crippen molar-refractivity contribution < 1.29 is 23.9 Å². The van der Waals surface area contributed by atoms with Gasteiger partial charge in [-0.05, 0) is 39.8 Å². The molecule has 11 heteroatoms. The zero-order valence-corrected chi connectivity index (χ0v) is 20.3. The molecule has 2 aromatic rings. The van der Waals surface area contributed by atoms with Crippen LogP contribution in [-0.4, -0.2) is 56.2 Å². The second kappa shape index (κ2) is 11.3. The first kappa shape index (κ1) is 27.0. The molecule has 4 N–H and O–H groups in total. The summed E-state index contributed by atoms with van der Waals surface area (Å²) in [7, 11) is 0. The highest BCUT2D eigenvalue weighted by Gasteiger charge is 2.26. The molecule has 1 aromatic carbocycles. The second-order valence-electron chi connectivity index (χ2n) is 8.43. The van der Waals surface area contributed by atoms with Gasteiger partial charge < -0.3 is 21.1 Å². The van der Waals surface area contributed by atoms with Gasteiger partial charge in [0.15, 0.2) is 5.69 Å². The first-order valence-corrected chi connectivity index (χ1v) is 10.9. The Balaban J connectivity index is 2.20. The Bertz CT molecular complexity index is 1110. The van der Waals surface area contributed by atoms with Gasteiger partial charge in [0.05, 0.1) is 22.9 Å². The molecule has 0 aliphatic heterocycles. The van der Waals surface area contributed by atoms with E-state index in [1.807, 2.05) is 0 Å². The summed E-state index contributed by atoms with van der Waals surface area (Å²) in [5.41, 5.74) is 5.37. The highest BCUT2D eigenvalue weighted by molar-refractivity contribution is 6.30. The maximum atomic E-state index is 14.1. The van der Waals surface area contributed by atoms with Crippen molar-refractivity contribution in [2.45, 2.75) is 46.4 Å². The van der Waals surface area contributed by atoms with E-state index in [9.17, 15) is 23.9 Å². The third-order valence-electron chi connectivity index (χ3n) is 4.85. The second-order valence-corrected chi connectivity index (χ2v) is 8.84. The summed E-state index contributed by atoms with van der Waals surface area (Å²) in [4.78, 5) is 38.5. The highest BCUT2D eigenvalue weighted by atomic mass is 35.5. The fraction of sp³-hybridized carbons (Fsp3) is 0.391. The van der Waals surface area contributed by atoms with Crippen LogP contribution in [0.5, 0.6) is 0 Å². The molecular formula is C23H29ClFN5O4. The van der Waals surface area contributed by atoms with Gasteiger partial charge in [0.2, 0.25) is 11.8 Å². The topological polar surface area (TPSA) is 131 Å². The number of allylic oxidation sites excluding steroid dienone is 1. The van der Waals surface area contributed by atoms with Crippen LogP contribution in [0.1, 0.15) is 48.1 Å². The van der Waals surface area contributed by atoms with Crippen LogP contribution in [-0.2, 0) is 22.7 Å². The van der Waals surface area contributed by atoms with Crippen LogP contribution in [0, 0.1) is 12.7 Å². The van der Waals surface area contributed by atoms with Crippen molar-refractivity contribution in [1.82, 2.24) is 20.0 Å². The van der Waals surface area contributed by atoms with Crippen LogP contribution in [0.25, 0.3) is 6.08 Å². The van der Waals surface area contributed by atoms with E-state index in [4.69, 9.17) is 17.3 Å². The fourth-order valence-corrected chi connectivity index (χ4v) is 3.52.